The summed E-state index contributed by atoms with van der Waals surface area (Å²) in [6.07, 6.45) is 5.62. The largest absolute Gasteiger partial charge is 0.366 e. The van der Waals surface area contributed by atoms with E-state index in [2.05, 4.69) is 12.1 Å². The number of hydrogen-bond donors (Lipinski definition) is 1. The lowest BCUT2D eigenvalue weighted by molar-refractivity contribution is -0.137. The normalized spacial score (nSPS) is 20.1. The van der Waals surface area contributed by atoms with Crippen LogP contribution in [0, 0.1) is 5.92 Å². The van der Waals surface area contributed by atoms with Crippen LogP contribution in [0.5, 0.6) is 0 Å². The molecule has 0 aromatic heterocycles. The molecule has 3 amide bonds. The zero-order valence-corrected chi connectivity index (χ0v) is 17.5. The summed E-state index contributed by atoms with van der Waals surface area (Å²) in [6, 6.07) is 13.6. The first-order valence-corrected chi connectivity index (χ1v) is 11.1. The third-order valence-electron chi connectivity index (χ3n) is 6.73. The lowest BCUT2D eigenvalue weighted by Gasteiger charge is -2.26. The Morgan fingerprint density at radius 2 is 1.77 bits per heavy atom. The molecule has 5 rings (SSSR count). The minimum Gasteiger partial charge on any atom is -0.366 e. The van der Waals surface area contributed by atoms with E-state index in [0.29, 0.717) is 18.7 Å². The molecule has 2 fully saturated rings. The summed E-state index contributed by atoms with van der Waals surface area (Å²) in [5.41, 5.74) is 10.4. The average Bonchev–Trinajstić information content (AvgIpc) is 3.37. The van der Waals surface area contributed by atoms with E-state index in [4.69, 9.17) is 5.73 Å². The second-order valence-corrected chi connectivity index (χ2v) is 8.97. The lowest BCUT2D eigenvalue weighted by Crippen LogP contribution is -2.38. The summed E-state index contributed by atoms with van der Waals surface area (Å²) >= 11 is 0. The molecular formula is C25H27N3O3. The van der Waals surface area contributed by atoms with Crippen molar-refractivity contribution in [3.8, 4) is 0 Å². The number of anilines is 1. The SMILES string of the molecule is NC(=O)c1ccc(CN(C(=O)C2CC(=O)N(c3ccc4c(c3)CCC4)C2)C2CC2)cc1. The topological polar surface area (TPSA) is 83.7 Å². The van der Waals surface area contributed by atoms with Crippen molar-refractivity contribution in [2.75, 3.05) is 11.4 Å². The summed E-state index contributed by atoms with van der Waals surface area (Å²) in [5.74, 6) is -0.694. The van der Waals surface area contributed by atoms with Crippen LogP contribution in [0.2, 0.25) is 0 Å². The van der Waals surface area contributed by atoms with Crippen molar-refractivity contribution in [1.29, 1.82) is 0 Å². The minimum atomic E-state index is -0.460. The van der Waals surface area contributed by atoms with Crippen LogP contribution >= 0.6 is 0 Å². The van der Waals surface area contributed by atoms with Gasteiger partial charge in [0.1, 0.15) is 0 Å². The van der Waals surface area contributed by atoms with Crippen LogP contribution in [0.15, 0.2) is 42.5 Å². The van der Waals surface area contributed by atoms with Crippen molar-refractivity contribution in [3.63, 3.8) is 0 Å². The molecule has 1 atom stereocenters. The number of amides is 3. The average molecular weight is 418 g/mol. The molecule has 1 unspecified atom stereocenters. The van der Waals surface area contributed by atoms with Crippen molar-refractivity contribution in [1.82, 2.24) is 4.90 Å². The summed E-state index contributed by atoms with van der Waals surface area (Å²) in [5, 5.41) is 0. The Kier molecular flexibility index (Phi) is 5.00. The molecule has 3 aliphatic rings. The second kappa shape index (κ2) is 7.84. The Bertz CT molecular complexity index is 1040. The van der Waals surface area contributed by atoms with Crippen LogP contribution in [0.1, 0.15) is 52.7 Å². The molecule has 1 aliphatic heterocycles. The molecule has 1 heterocycles. The fraction of sp³-hybridized carbons (Fsp3) is 0.400. The molecule has 6 nitrogen and oxygen atoms in total. The Hall–Kier alpha value is -3.15. The molecule has 160 valence electrons. The molecule has 2 N–H and O–H groups in total. The van der Waals surface area contributed by atoms with Crippen molar-refractivity contribution in [2.45, 2.75) is 51.1 Å². The van der Waals surface area contributed by atoms with Gasteiger partial charge in [0.2, 0.25) is 17.7 Å². The van der Waals surface area contributed by atoms with E-state index in [0.717, 1.165) is 36.9 Å². The van der Waals surface area contributed by atoms with E-state index < -0.39 is 5.91 Å². The van der Waals surface area contributed by atoms with Crippen LogP contribution < -0.4 is 10.6 Å². The van der Waals surface area contributed by atoms with Crippen molar-refractivity contribution in [2.24, 2.45) is 11.7 Å². The Morgan fingerprint density at radius 1 is 1.03 bits per heavy atom. The lowest BCUT2D eigenvalue weighted by atomic mass is 10.1. The fourth-order valence-corrected chi connectivity index (χ4v) is 4.83. The molecule has 2 aromatic carbocycles. The van der Waals surface area contributed by atoms with Crippen LogP contribution in [-0.4, -0.2) is 35.2 Å². The van der Waals surface area contributed by atoms with Gasteiger partial charge in [-0.25, -0.2) is 0 Å². The van der Waals surface area contributed by atoms with E-state index in [1.165, 1.54) is 17.5 Å². The quantitative estimate of drug-likeness (QED) is 0.784. The van der Waals surface area contributed by atoms with Gasteiger partial charge in [-0.1, -0.05) is 18.2 Å². The van der Waals surface area contributed by atoms with Gasteiger partial charge in [0.25, 0.3) is 0 Å². The molecule has 1 saturated heterocycles. The molecule has 2 aliphatic carbocycles. The number of aryl methyl sites for hydroxylation is 2. The zero-order valence-electron chi connectivity index (χ0n) is 17.5. The molecule has 0 bridgehead atoms. The smallest absolute Gasteiger partial charge is 0.248 e. The summed E-state index contributed by atoms with van der Waals surface area (Å²) in [7, 11) is 0. The van der Waals surface area contributed by atoms with Crippen molar-refractivity contribution >= 4 is 23.4 Å². The molecule has 0 radical (unpaired) electrons. The van der Waals surface area contributed by atoms with Crippen molar-refractivity contribution < 1.29 is 14.4 Å². The molecule has 0 spiro atoms. The number of carbonyl (C=O) groups is 3. The first kappa shape index (κ1) is 19.8. The molecule has 1 saturated carbocycles. The van der Waals surface area contributed by atoms with Crippen LogP contribution in [0.25, 0.3) is 0 Å². The van der Waals surface area contributed by atoms with Gasteiger partial charge >= 0.3 is 0 Å². The van der Waals surface area contributed by atoms with Gasteiger partial charge in [-0.2, -0.15) is 0 Å². The number of primary amides is 1. The Morgan fingerprint density at radius 3 is 2.48 bits per heavy atom. The minimum absolute atomic E-state index is 0.0258. The van der Waals surface area contributed by atoms with Gasteiger partial charge in [0.15, 0.2) is 0 Å². The number of rotatable bonds is 6. The molecule has 6 heteroatoms. The molecule has 31 heavy (non-hydrogen) atoms. The second-order valence-electron chi connectivity index (χ2n) is 8.97. The molecule has 2 aromatic rings. The third-order valence-corrected chi connectivity index (χ3v) is 6.73. The van der Waals surface area contributed by atoms with Gasteiger partial charge in [0, 0.05) is 36.8 Å². The molecular weight excluding hydrogens is 390 g/mol. The van der Waals surface area contributed by atoms with Gasteiger partial charge in [-0.3, -0.25) is 14.4 Å². The summed E-state index contributed by atoms with van der Waals surface area (Å²) in [4.78, 5) is 41.2. The van der Waals surface area contributed by atoms with Gasteiger partial charge in [0.05, 0.1) is 5.92 Å². The number of nitrogens with zero attached hydrogens (tertiary/aromatic N) is 2. The maximum absolute atomic E-state index is 13.4. The van der Waals surface area contributed by atoms with Crippen LogP contribution in [0.3, 0.4) is 0 Å². The predicted octanol–water partition coefficient (Wildman–Crippen LogP) is 2.82. The van der Waals surface area contributed by atoms with Crippen LogP contribution in [0.4, 0.5) is 5.69 Å². The number of benzene rings is 2. The van der Waals surface area contributed by atoms with Gasteiger partial charge in [-0.05, 0) is 73.1 Å². The van der Waals surface area contributed by atoms with Crippen molar-refractivity contribution in [3.05, 3.63) is 64.7 Å². The van der Waals surface area contributed by atoms with Gasteiger partial charge < -0.3 is 15.5 Å². The first-order chi connectivity index (χ1) is 15.0. The predicted molar refractivity (Wildman–Crippen MR) is 117 cm³/mol. The maximum Gasteiger partial charge on any atom is 0.248 e. The standard InChI is InChI=1S/C25H27N3O3/c26-24(30)18-6-4-16(5-7-18)14-28(21-10-11-21)25(31)20-13-23(29)27(15-20)22-9-8-17-2-1-3-19(17)12-22/h4-9,12,20-21H,1-3,10-11,13-15H2,(H2,26,30). The van der Waals surface area contributed by atoms with E-state index >= 15 is 0 Å². The number of carbonyl (C=O) groups excluding carboxylic acids is 3. The van der Waals surface area contributed by atoms with Crippen LogP contribution in [-0.2, 0) is 29.0 Å². The highest BCUT2D eigenvalue weighted by molar-refractivity contribution is 6.00. The Labute approximate surface area is 182 Å². The Balaban J connectivity index is 1.30. The fourth-order valence-electron chi connectivity index (χ4n) is 4.83. The van der Waals surface area contributed by atoms with E-state index in [9.17, 15) is 14.4 Å². The number of fused-ring (bicyclic) bond motifs is 1. The van der Waals surface area contributed by atoms with E-state index in [-0.39, 0.29) is 30.2 Å². The highest BCUT2D eigenvalue weighted by Crippen LogP contribution is 2.34. The monoisotopic (exact) mass is 417 g/mol. The van der Waals surface area contributed by atoms with E-state index in [1.807, 2.05) is 23.1 Å². The maximum atomic E-state index is 13.4. The highest BCUT2D eigenvalue weighted by Gasteiger charge is 2.41. The summed E-state index contributed by atoms with van der Waals surface area (Å²) in [6.45, 7) is 0.937. The zero-order chi connectivity index (χ0) is 21.5. The highest BCUT2D eigenvalue weighted by atomic mass is 16.2. The summed E-state index contributed by atoms with van der Waals surface area (Å²) < 4.78 is 0. The number of hydrogen-bond acceptors (Lipinski definition) is 3. The van der Waals surface area contributed by atoms with E-state index in [1.54, 1.807) is 17.0 Å². The number of nitrogens with two attached hydrogens (primary N) is 1. The van der Waals surface area contributed by atoms with Gasteiger partial charge in [-0.15, -0.1) is 0 Å². The first-order valence-electron chi connectivity index (χ1n) is 11.1. The third kappa shape index (κ3) is 3.94.